The molecule has 1 aromatic heterocycles. The number of rotatable bonds is 2. The van der Waals surface area contributed by atoms with E-state index >= 15 is 0 Å². The Hall–Kier alpha value is -0.760. The summed E-state index contributed by atoms with van der Waals surface area (Å²) in [7, 11) is 0. The minimum absolute atomic E-state index is 0.572. The van der Waals surface area contributed by atoms with Gasteiger partial charge >= 0.3 is 0 Å². The van der Waals surface area contributed by atoms with E-state index in [0.717, 1.165) is 17.5 Å². The van der Waals surface area contributed by atoms with Crippen LogP contribution >= 0.6 is 11.6 Å². The zero-order chi connectivity index (χ0) is 10.3. The van der Waals surface area contributed by atoms with Gasteiger partial charge in [0.2, 0.25) is 0 Å². The minimum atomic E-state index is 0.572. The van der Waals surface area contributed by atoms with Crippen molar-refractivity contribution in [1.82, 2.24) is 4.98 Å². The molecule has 15 heavy (non-hydrogen) atoms. The molecule has 1 N–H and O–H groups in total. The Kier molecular flexibility index (Phi) is 2.32. The number of pyridine rings is 1. The van der Waals surface area contributed by atoms with Crippen LogP contribution in [0.25, 0.3) is 0 Å². The second-order valence-corrected chi connectivity index (χ2v) is 5.10. The van der Waals surface area contributed by atoms with Gasteiger partial charge in [-0.1, -0.05) is 24.4 Å². The highest BCUT2D eigenvalue weighted by atomic mass is 35.5. The number of anilines is 1. The summed E-state index contributed by atoms with van der Waals surface area (Å²) in [5.41, 5.74) is 1.12. The summed E-state index contributed by atoms with van der Waals surface area (Å²) in [6.45, 7) is 0. The normalized spacial score (nSPS) is 33.3. The zero-order valence-electron chi connectivity index (χ0n) is 8.62. The van der Waals surface area contributed by atoms with Crippen molar-refractivity contribution in [2.75, 3.05) is 5.32 Å². The van der Waals surface area contributed by atoms with Crippen LogP contribution in [-0.2, 0) is 0 Å². The van der Waals surface area contributed by atoms with Crippen LogP contribution in [-0.4, -0.2) is 11.0 Å². The van der Waals surface area contributed by atoms with E-state index in [2.05, 4.69) is 10.3 Å². The number of nitrogens with one attached hydrogen (secondary N) is 1. The maximum Gasteiger partial charge on any atom is 0.131 e. The van der Waals surface area contributed by atoms with E-state index < -0.39 is 0 Å². The molecule has 1 aromatic rings. The molecule has 0 aliphatic heterocycles. The molecule has 2 fully saturated rings. The van der Waals surface area contributed by atoms with Crippen LogP contribution in [0.3, 0.4) is 0 Å². The summed E-state index contributed by atoms with van der Waals surface area (Å²) >= 11 is 5.86. The molecule has 3 heteroatoms. The fourth-order valence-corrected chi connectivity index (χ4v) is 2.97. The smallest absolute Gasteiger partial charge is 0.131 e. The number of aromatic nitrogens is 1. The lowest BCUT2D eigenvalue weighted by molar-refractivity contribution is 0.440. The first-order chi connectivity index (χ1) is 7.33. The second kappa shape index (κ2) is 3.67. The molecule has 0 spiro atoms. The zero-order valence-corrected chi connectivity index (χ0v) is 9.37. The SMILES string of the molecule is Clc1cc(NC2CCCC3CC32)ccn1. The van der Waals surface area contributed by atoms with E-state index in [0.29, 0.717) is 11.2 Å². The van der Waals surface area contributed by atoms with E-state index in [1.54, 1.807) is 6.20 Å². The van der Waals surface area contributed by atoms with Crippen LogP contribution in [0.2, 0.25) is 5.15 Å². The average Bonchev–Trinajstić information content (AvgIpc) is 2.97. The molecule has 2 nitrogen and oxygen atoms in total. The van der Waals surface area contributed by atoms with Crippen molar-refractivity contribution in [2.24, 2.45) is 11.8 Å². The van der Waals surface area contributed by atoms with Gasteiger partial charge in [0.1, 0.15) is 5.15 Å². The van der Waals surface area contributed by atoms with Crippen molar-refractivity contribution in [3.63, 3.8) is 0 Å². The van der Waals surface area contributed by atoms with Gasteiger partial charge in [0.15, 0.2) is 0 Å². The summed E-state index contributed by atoms with van der Waals surface area (Å²) < 4.78 is 0. The van der Waals surface area contributed by atoms with E-state index in [-0.39, 0.29) is 0 Å². The molecule has 80 valence electrons. The lowest BCUT2D eigenvalue weighted by Crippen LogP contribution is -2.25. The Morgan fingerprint density at radius 1 is 1.40 bits per heavy atom. The van der Waals surface area contributed by atoms with Crippen molar-refractivity contribution >= 4 is 17.3 Å². The Labute approximate surface area is 95.0 Å². The average molecular weight is 223 g/mol. The highest BCUT2D eigenvalue weighted by Crippen LogP contribution is 2.50. The molecule has 2 saturated carbocycles. The molecule has 0 saturated heterocycles. The van der Waals surface area contributed by atoms with Crippen molar-refractivity contribution < 1.29 is 0 Å². The van der Waals surface area contributed by atoms with Gasteiger partial charge in [-0.3, -0.25) is 0 Å². The van der Waals surface area contributed by atoms with Crippen molar-refractivity contribution in [3.05, 3.63) is 23.5 Å². The number of hydrogen-bond donors (Lipinski definition) is 1. The minimum Gasteiger partial charge on any atom is -0.382 e. The molecule has 3 atom stereocenters. The van der Waals surface area contributed by atoms with Gasteiger partial charge in [0.25, 0.3) is 0 Å². The third-order valence-corrected chi connectivity index (χ3v) is 3.87. The molecule has 3 rings (SSSR count). The molecule has 0 bridgehead atoms. The third-order valence-electron chi connectivity index (χ3n) is 3.66. The summed E-state index contributed by atoms with van der Waals surface area (Å²) in [6.07, 6.45) is 7.31. The fraction of sp³-hybridized carbons (Fsp3) is 0.583. The van der Waals surface area contributed by atoms with Crippen LogP contribution in [0.5, 0.6) is 0 Å². The number of nitrogens with zero attached hydrogens (tertiary/aromatic N) is 1. The van der Waals surface area contributed by atoms with E-state index in [4.69, 9.17) is 11.6 Å². The quantitative estimate of drug-likeness (QED) is 0.777. The van der Waals surface area contributed by atoms with Crippen molar-refractivity contribution in [2.45, 2.75) is 31.7 Å². The van der Waals surface area contributed by atoms with Crippen LogP contribution < -0.4 is 5.32 Å². The molecule has 1 heterocycles. The first kappa shape index (κ1) is 9.46. The fourth-order valence-electron chi connectivity index (χ4n) is 2.80. The monoisotopic (exact) mass is 222 g/mol. The van der Waals surface area contributed by atoms with Crippen LogP contribution in [0.4, 0.5) is 5.69 Å². The highest BCUT2D eigenvalue weighted by molar-refractivity contribution is 6.29. The molecule has 3 unspecified atom stereocenters. The van der Waals surface area contributed by atoms with E-state index in [9.17, 15) is 0 Å². The first-order valence-corrected chi connectivity index (χ1v) is 6.09. The Morgan fingerprint density at radius 3 is 3.20 bits per heavy atom. The van der Waals surface area contributed by atoms with Gasteiger partial charge < -0.3 is 5.32 Å². The van der Waals surface area contributed by atoms with Gasteiger partial charge in [-0.05, 0) is 36.8 Å². The Bertz CT molecular complexity index is 366. The standard InChI is InChI=1S/C12H15ClN2/c13-12-7-9(4-5-14-12)15-11-3-1-2-8-6-10(8)11/h4-5,7-8,10-11H,1-3,6H2,(H,14,15). The first-order valence-electron chi connectivity index (χ1n) is 5.71. The molecule has 2 aliphatic rings. The lowest BCUT2D eigenvalue weighted by atomic mass is 9.95. The number of fused-ring (bicyclic) bond motifs is 1. The largest absolute Gasteiger partial charge is 0.382 e. The predicted octanol–water partition coefficient (Wildman–Crippen LogP) is 3.34. The lowest BCUT2D eigenvalue weighted by Gasteiger charge is -2.23. The number of hydrogen-bond acceptors (Lipinski definition) is 2. The number of halogens is 1. The van der Waals surface area contributed by atoms with E-state index in [1.165, 1.54) is 25.7 Å². The molecule has 0 radical (unpaired) electrons. The van der Waals surface area contributed by atoms with Crippen LogP contribution in [0.1, 0.15) is 25.7 Å². The Morgan fingerprint density at radius 2 is 2.33 bits per heavy atom. The summed E-state index contributed by atoms with van der Waals surface area (Å²) in [6, 6.07) is 4.58. The van der Waals surface area contributed by atoms with Gasteiger partial charge in [-0.15, -0.1) is 0 Å². The van der Waals surface area contributed by atoms with Gasteiger partial charge in [-0.25, -0.2) is 4.98 Å². The van der Waals surface area contributed by atoms with Crippen LogP contribution in [0, 0.1) is 11.8 Å². The van der Waals surface area contributed by atoms with Crippen molar-refractivity contribution in [3.8, 4) is 0 Å². The summed E-state index contributed by atoms with van der Waals surface area (Å²) in [4.78, 5) is 3.99. The van der Waals surface area contributed by atoms with Crippen LogP contribution in [0.15, 0.2) is 18.3 Å². The van der Waals surface area contributed by atoms with E-state index in [1.807, 2.05) is 12.1 Å². The highest BCUT2D eigenvalue weighted by Gasteiger charge is 2.44. The molecule has 0 aromatic carbocycles. The topological polar surface area (TPSA) is 24.9 Å². The Balaban J connectivity index is 1.69. The molecular formula is C12H15ClN2. The maximum atomic E-state index is 5.86. The predicted molar refractivity (Wildman–Crippen MR) is 62.1 cm³/mol. The molecule has 2 aliphatic carbocycles. The second-order valence-electron chi connectivity index (χ2n) is 4.71. The van der Waals surface area contributed by atoms with Crippen molar-refractivity contribution in [1.29, 1.82) is 0 Å². The van der Waals surface area contributed by atoms with Gasteiger partial charge in [0, 0.05) is 17.9 Å². The summed E-state index contributed by atoms with van der Waals surface area (Å²) in [5, 5.41) is 4.16. The molecular weight excluding hydrogens is 208 g/mol. The van der Waals surface area contributed by atoms with Gasteiger partial charge in [0.05, 0.1) is 0 Å². The molecule has 0 amide bonds. The summed E-state index contributed by atoms with van der Waals surface area (Å²) in [5.74, 6) is 1.93. The maximum absolute atomic E-state index is 5.86. The van der Waals surface area contributed by atoms with Gasteiger partial charge in [-0.2, -0.15) is 0 Å². The third kappa shape index (κ3) is 1.96.